The number of nitrogens with one attached hydrogen (secondary N) is 1. The molecule has 23 heavy (non-hydrogen) atoms. The van der Waals surface area contributed by atoms with E-state index in [1.54, 1.807) is 25.1 Å². The van der Waals surface area contributed by atoms with Crippen molar-refractivity contribution < 1.29 is 24.6 Å². The zero-order chi connectivity index (χ0) is 16.9. The Labute approximate surface area is 132 Å². The van der Waals surface area contributed by atoms with Crippen molar-refractivity contribution in [2.24, 2.45) is 23.5 Å². The molecular weight excluding hydrogens is 300 g/mol. The van der Waals surface area contributed by atoms with Crippen LogP contribution in [0.2, 0.25) is 0 Å². The molecule has 2 aliphatic rings. The minimum absolute atomic E-state index is 0.0407. The molecule has 2 saturated carbocycles. The number of carboxylic acids is 2. The molecule has 7 heteroatoms. The molecule has 2 aliphatic carbocycles. The second-order valence-corrected chi connectivity index (χ2v) is 6.41. The predicted molar refractivity (Wildman–Crippen MR) is 79.7 cm³/mol. The van der Waals surface area contributed by atoms with Gasteiger partial charge in [0.05, 0.1) is 5.92 Å². The molecule has 1 aromatic rings. The summed E-state index contributed by atoms with van der Waals surface area (Å²) in [5, 5.41) is 21.4. The number of carboxylic acid groups (broad SMARTS) is 2. The first kappa shape index (κ1) is 15.5. The monoisotopic (exact) mass is 318 g/mol. The summed E-state index contributed by atoms with van der Waals surface area (Å²) in [4.78, 5) is 35.1. The van der Waals surface area contributed by atoms with Crippen LogP contribution in [0, 0.1) is 24.7 Å². The number of hydrogen-bond acceptors (Lipinski definition) is 4. The summed E-state index contributed by atoms with van der Waals surface area (Å²) in [6, 6.07) is 6.48. The van der Waals surface area contributed by atoms with Crippen molar-refractivity contribution in [2.75, 3.05) is 0 Å². The molecule has 2 fully saturated rings. The molecule has 0 saturated heterocycles. The van der Waals surface area contributed by atoms with Crippen molar-refractivity contribution in [2.45, 2.75) is 24.9 Å². The summed E-state index contributed by atoms with van der Waals surface area (Å²) in [6.07, 6.45) is 0.0407. The van der Waals surface area contributed by atoms with Crippen LogP contribution in [0.25, 0.3) is 0 Å². The number of fused-ring (bicyclic) bond motifs is 1. The minimum Gasteiger partial charge on any atom is -0.481 e. The predicted octanol–water partition coefficient (Wildman–Crippen LogP) is 0.226. The van der Waals surface area contributed by atoms with Crippen molar-refractivity contribution in [3.05, 3.63) is 35.4 Å². The Morgan fingerprint density at radius 2 is 1.91 bits per heavy atom. The van der Waals surface area contributed by atoms with Gasteiger partial charge in [-0.1, -0.05) is 18.2 Å². The Kier molecular flexibility index (Phi) is 3.40. The van der Waals surface area contributed by atoms with Crippen LogP contribution in [-0.2, 0) is 9.59 Å². The van der Waals surface area contributed by atoms with E-state index < -0.39 is 41.3 Å². The Morgan fingerprint density at radius 3 is 2.48 bits per heavy atom. The average molecular weight is 318 g/mol. The second kappa shape index (κ2) is 5.06. The number of aryl methyl sites for hydroxylation is 1. The molecule has 5 N–H and O–H groups in total. The van der Waals surface area contributed by atoms with Gasteiger partial charge >= 0.3 is 11.9 Å². The van der Waals surface area contributed by atoms with Crippen LogP contribution >= 0.6 is 0 Å². The Morgan fingerprint density at radius 1 is 1.26 bits per heavy atom. The highest BCUT2D eigenvalue weighted by Crippen LogP contribution is 2.61. The Bertz CT molecular complexity index is 703. The third-order valence-corrected chi connectivity index (χ3v) is 5.08. The molecule has 1 amide bonds. The Balaban J connectivity index is 1.82. The molecule has 0 spiro atoms. The molecule has 1 aromatic carbocycles. The molecule has 0 radical (unpaired) electrons. The van der Waals surface area contributed by atoms with Gasteiger partial charge in [-0.2, -0.15) is 0 Å². The molecular formula is C16H18N2O5. The molecule has 4 unspecified atom stereocenters. The zero-order valence-electron chi connectivity index (χ0n) is 12.5. The van der Waals surface area contributed by atoms with Crippen molar-refractivity contribution >= 4 is 17.8 Å². The highest BCUT2D eigenvalue weighted by molar-refractivity contribution is 5.96. The van der Waals surface area contributed by atoms with Gasteiger partial charge < -0.3 is 21.3 Å². The first-order valence-electron chi connectivity index (χ1n) is 7.39. The summed E-state index contributed by atoms with van der Waals surface area (Å²) < 4.78 is 0. The molecule has 3 rings (SSSR count). The fourth-order valence-electron chi connectivity index (χ4n) is 3.90. The van der Waals surface area contributed by atoms with Crippen LogP contribution in [0.5, 0.6) is 0 Å². The maximum atomic E-state index is 12.4. The minimum atomic E-state index is -1.60. The number of carbonyl (C=O) groups is 3. The lowest BCUT2D eigenvalue weighted by molar-refractivity contribution is -0.145. The highest BCUT2D eigenvalue weighted by Gasteiger charge is 2.74. The molecule has 0 bridgehead atoms. The van der Waals surface area contributed by atoms with Crippen molar-refractivity contribution in [1.82, 2.24) is 5.32 Å². The van der Waals surface area contributed by atoms with Crippen molar-refractivity contribution in [3.63, 3.8) is 0 Å². The normalized spacial score (nSPS) is 34.5. The van der Waals surface area contributed by atoms with E-state index in [2.05, 4.69) is 5.32 Å². The van der Waals surface area contributed by atoms with Crippen LogP contribution in [0.1, 0.15) is 22.3 Å². The first-order valence-corrected chi connectivity index (χ1v) is 7.39. The number of amides is 1. The molecule has 0 aliphatic heterocycles. The van der Waals surface area contributed by atoms with Crippen LogP contribution < -0.4 is 11.1 Å². The molecule has 0 aromatic heterocycles. The van der Waals surface area contributed by atoms with E-state index in [9.17, 15) is 24.6 Å². The second-order valence-electron chi connectivity index (χ2n) is 6.41. The molecule has 5 atom stereocenters. The fraction of sp³-hybridized carbons (Fsp3) is 0.438. The van der Waals surface area contributed by atoms with Gasteiger partial charge in [-0.3, -0.25) is 14.4 Å². The molecule has 122 valence electrons. The van der Waals surface area contributed by atoms with E-state index in [4.69, 9.17) is 5.73 Å². The zero-order valence-corrected chi connectivity index (χ0v) is 12.5. The van der Waals surface area contributed by atoms with E-state index in [1.807, 2.05) is 6.07 Å². The lowest BCUT2D eigenvalue weighted by atomic mass is 9.90. The quantitative estimate of drug-likeness (QED) is 0.628. The number of nitrogens with two attached hydrogens (primary N) is 1. The van der Waals surface area contributed by atoms with E-state index in [0.717, 1.165) is 5.56 Å². The summed E-state index contributed by atoms with van der Waals surface area (Å²) in [5.74, 6) is -4.50. The third-order valence-electron chi connectivity index (χ3n) is 5.08. The van der Waals surface area contributed by atoms with Crippen LogP contribution in [-0.4, -0.2) is 39.6 Å². The fourth-order valence-corrected chi connectivity index (χ4v) is 3.90. The number of carbonyl (C=O) groups excluding carboxylic acids is 1. The van der Waals surface area contributed by atoms with E-state index in [-0.39, 0.29) is 12.3 Å². The topological polar surface area (TPSA) is 130 Å². The lowest BCUT2D eigenvalue weighted by Crippen LogP contribution is -2.52. The number of benzene rings is 1. The largest absolute Gasteiger partial charge is 0.481 e. The number of aliphatic carboxylic acids is 2. The number of rotatable bonds is 4. The van der Waals surface area contributed by atoms with Gasteiger partial charge in [0.25, 0.3) is 5.91 Å². The van der Waals surface area contributed by atoms with Crippen molar-refractivity contribution in [3.8, 4) is 0 Å². The van der Waals surface area contributed by atoms with Crippen LogP contribution in [0.3, 0.4) is 0 Å². The standard InChI is InChI=1S/C16H18N2O5/c1-7-4-2-3-5-8(7)13(19)18-9-6-16(17,15(22)23)12-10(9)11(12)14(20)21/h2-5,9-12H,6,17H2,1H3,(H,18,19)(H,20,21)(H,22,23)/t9?,10?,11-,12?,16?/m0/s1. The van der Waals surface area contributed by atoms with Gasteiger partial charge in [0.1, 0.15) is 5.54 Å². The third kappa shape index (κ3) is 2.28. The van der Waals surface area contributed by atoms with E-state index in [1.165, 1.54) is 0 Å². The Hall–Kier alpha value is -2.41. The van der Waals surface area contributed by atoms with Crippen LogP contribution in [0.4, 0.5) is 0 Å². The molecule has 0 heterocycles. The lowest BCUT2D eigenvalue weighted by Gasteiger charge is -2.25. The SMILES string of the molecule is Cc1ccccc1C(=O)NC1CC(N)(C(=O)O)C2C1[C@@H]2C(=O)O. The smallest absolute Gasteiger partial charge is 0.324 e. The van der Waals surface area contributed by atoms with E-state index >= 15 is 0 Å². The van der Waals surface area contributed by atoms with E-state index in [0.29, 0.717) is 5.56 Å². The summed E-state index contributed by atoms with van der Waals surface area (Å²) in [6.45, 7) is 1.80. The van der Waals surface area contributed by atoms with Gasteiger partial charge in [0, 0.05) is 17.5 Å². The summed E-state index contributed by atoms with van der Waals surface area (Å²) in [5.41, 5.74) is 5.62. The van der Waals surface area contributed by atoms with Gasteiger partial charge in [-0.25, -0.2) is 0 Å². The summed E-state index contributed by atoms with van der Waals surface area (Å²) >= 11 is 0. The average Bonchev–Trinajstić information content (AvgIpc) is 3.16. The number of hydrogen-bond donors (Lipinski definition) is 4. The van der Waals surface area contributed by atoms with Gasteiger partial charge in [0.2, 0.25) is 0 Å². The maximum absolute atomic E-state index is 12.4. The van der Waals surface area contributed by atoms with Gasteiger partial charge in [-0.15, -0.1) is 0 Å². The highest BCUT2D eigenvalue weighted by atomic mass is 16.4. The first-order chi connectivity index (χ1) is 10.8. The van der Waals surface area contributed by atoms with Gasteiger partial charge in [0.15, 0.2) is 0 Å². The van der Waals surface area contributed by atoms with Crippen LogP contribution in [0.15, 0.2) is 24.3 Å². The van der Waals surface area contributed by atoms with Crippen molar-refractivity contribution in [1.29, 1.82) is 0 Å². The molecule has 7 nitrogen and oxygen atoms in total. The van der Waals surface area contributed by atoms with Gasteiger partial charge in [-0.05, 0) is 30.9 Å². The maximum Gasteiger partial charge on any atom is 0.324 e. The summed E-state index contributed by atoms with van der Waals surface area (Å²) in [7, 11) is 0.